The third-order valence-electron chi connectivity index (χ3n) is 3.40. The highest BCUT2D eigenvalue weighted by Gasteiger charge is 2.17. The van der Waals surface area contributed by atoms with Gasteiger partial charge in [-0.05, 0) is 31.0 Å². The van der Waals surface area contributed by atoms with E-state index in [1.807, 2.05) is 6.07 Å². The van der Waals surface area contributed by atoms with Crippen molar-refractivity contribution in [1.82, 2.24) is 5.32 Å². The van der Waals surface area contributed by atoms with E-state index in [2.05, 4.69) is 18.3 Å². The first-order valence-corrected chi connectivity index (χ1v) is 6.89. The summed E-state index contributed by atoms with van der Waals surface area (Å²) < 4.78 is 11.4. The zero-order chi connectivity index (χ0) is 12.8. The summed E-state index contributed by atoms with van der Waals surface area (Å²) in [4.78, 5) is 0. The molecule has 3 nitrogen and oxygen atoms in total. The molecule has 0 fully saturated rings. The minimum atomic E-state index is 0.786. The number of ether oxygens (including phenoxy) is 2. The predicted molar refractivity (Wildman–Crippen MR) is 73.4 cm³/mol. The summed E-state index contributed by atoms with van der Waals surface area (Å²) in [5.41, 5.74) is 2.66. The molecule has 0 atom stereocenters. The Hall–Kier alpha value is -1.22. The first kappa shape index (κ1) is 13.2. The lowest BCUT2D eigenvalue weighted by molar-refractivity contribution is 0.281. The lowest BCUT2D eigenvalue weighted by Crippen LogP contribution is -2.24. The van der Waals surface area contributed by atoms with Crippen molar-refractivity contribution in [2.75, 3.05) is 20.3 Å². The highest BCUT2D eigenvalue weighted by molar-refractivity contribution is 5.51. The molecule has 1 aliphatic heterocycles. The normalized spacial score (nSPS) is 14.1. The summed E-state index contributed by atoms with van der Waals surface area (Å²) in [6.07, 6.45) is 4.58. The summed E-state index contributed by atoms with van der Waals surface area (Å²) in [7, 11) is 1.71. The highest BCUT2D eigenvalue weighted by atomic mass is 16.5. The van der Waals surface area contributed by atoms with Crippen molar-refractivity contribution in [1.29, 1.82) is 0 Å². The molecule has 100 valence electrons. The minimum Gasteiger partial charge on any atom is -0.493 e. The Bertz CT molecular complexity index is 390. The topological polar surface area (TPSA) is 30.5 Å². The van der Waals surface area contributed by atoms with Gasteiger partial charge in [0.25, 0.3) is 0 Å². The molecule has 0 radical (unpaired) electrons. The summed E-state index contributed by atoms with van der Waals surface area (Å²) in [5.74, 6) is 1.83. The molecule has 1 aliphatic rings. The van der Waals surface area contributed by atoms with E-state index >= 15 is 0 Å². The van der Waals surface area contributed by atoms with Gasteiger partial charge in [-0.25, -0.2) is 0 Å². The maximum absolute atomic E-state index is 5.98. The van der Waals surface area contributed by atoms with E-state index in [1.165, 1.54) is 24.0 Å². The average Bonchev–Trinajstić information content (AvgIpc) is 2.43. The van der Waals surface area contributed by atoms with Crippen molar-refractivity contribution < 1.29 is 9.47 Å². The molecule has 0 bridgehead atoms. The van der Waals surface area contributed by atoms with Crippen LogP contribution in [-0.2, 0) is 13.0 Å². The van der Waals surface area contributed by atoms with Gasteiger partial charge in [-0.3, -0.25) is 0 Å². The molecule has 1 N–H and O–H groups in total. The number of benzene rings is 1. The van der Waals surface area contributed by atoms with Crippen LogP contribution in [0.25, 0.3) is 0 Å². The van der Waals surface area contributed by atoms with E-state index in [9.17, 15) is 0 Å². The third-order valence-corrected chi connectivity index (χ3v) is 3.40. The quantitative estimate of drug-likeness (QED) is 0.786. The second kappa shape index (κ2) is 6.64. The van der Waals surface area contributed by atoms with Crippen LogP contribution in [0.1, 0.15) is 37.3 Å². The Labute approximate surface area is 109 Å². The van der Waals surface area contributed by atoms with Crippen LogP contribution in [0, 0.1) is 0 Å². The molecule has 0 amide bonds. The molecule has 18 heavy (non-hydrogen) atoms. The van der Waals surface area contributed by atoms with Crippen molar-refractivity contribution in [2.45, 2.75) is 39.2 Å². The molecule has 0 saturated carbocycles. The fraction of sp³-hybridized carbons (Fsp3) is 0.600. The number of rotatable bonds is 6. The van der Waals surface area contributed by atoms with Crippen molar-refractivity contribution in [3.8, 4) is 11.5 Å². The van der Waals surface area contributed by atoms with Gasteiger partial charge in [-0.1, -0.05) is 25.8 Å². The molecule has 1 heterocycles. The number of methoxy groups -OCH3 is 1. The van der Waals surface area contributed by atoms with Crippen LogP contribution in [0.5, 0.6) is 11.5 Å². The first-order valence-electron chi connectivity index (χ1n) is 6.89. The van der Waals surface area contributed by atoms with Crippen molar-refractivity contribution in [3.63, 3.8) is 0 Å². The van der Waals surface area contributed by atoms with Crippen LogP contribution in [0.4, 0.5) is 0 Å². The fourth-order valence-corrected chi connectivity index (χ4v) is 2.37. The van der Waals surface area contributed by atoms with Gasteiger partial charge in [-0.2, -0.15) is 0 Å². The van der Waals surface area contributed by atoms with E-state index in [4.69, 9.17) is 9.47 Å². The molecule has 0 unspecified atom stereocenters. The maximum atomic E-state index is 5.98. The Morgan fingerprint density at radius 1 is 1.28 bits per heavy atom. The summed E-state index contributed by atoms with van der Waals surface area (Å²) in [6.45, 7) is 4.95. The van der Waals surface area contributed by atoms with Crippen LogP contribution in [0.3, 0.4) is 0 Å². The van der Waals surface area contributed by atoms with Crippen LogP contribution < -0.4 is 14.8 Å². The Kier molecular flexibility index (Phi) is 4.88. The molecular formula is C15H23NO2. The average molecular weight is 249 g/mol. The standard InChI is InChI=1S/C15H23NO2/c1-3-4-5-10-18-15-13-8-9-16-11-12(13)6-7-14(15)17-2/h6-7,16H,3-5,8-11H2,1-2H3. The van der Waals surface area contributed by atoms with Gasteiger partial charge in [0.05, 0.1) is 13.7 Å². The maximum Gasteiger partial charge on any atom is 0.164 e. The number of fused-ring (bicyclic) bond motifs is 1. The third kappa shape index (κ3) is 2.96. The zero-order valence-corrected chi connectivity index (χ0v) is 11.4. The van der Waals surface area contributed by atoms with E-state index in [1.54, 1.807) is 7.11 Å². The Morgan fingerprint density at radius 2 is 2.17 bits per heavy atom. The van der Waals surface area contributed by atoms with E-state index in [0.29, 0.717) is 0 Å². The largest absolute Gasteiger partial charge is 0.493 e. The van der Waals surface area contributed by atoms with Crippen molar-refractivity contribution >= 4 is 0 Å². The van der Waals surface area contributed by atoms with Gasteiger partial charge in [0, 0.05) is 12.1 Å². The Morgan fingerprint density at radius 3 is 2.94 bits per heavy atom. The number of hydrogen-bond donors (Lipinski definition) is 1. The van der Waals surface area contributed by atoms with Crippen molar-refractivity contribution in [2.24, 2.45) is 0 Å². The molecule has 0 saturated heterocycles. The van der Waals surface area contributed by atoms with Gasteiger partial charge in [0.15, 0.2) is 11.5 Å². The van der Waals surface area contributed by atoms with Crippen LogP contribution >= 0.6 is 0 Å². The van der Waals surface area contributed by atoms with Gasteiger partial charge in [0.2, 0.25) is 0 Å². The molecule has 1 aromatic carbocycles. The molecule has 0 spiro atoms. The number of nitrogens with one attached hydrogen (secondary N) is 1. The number of hydrogen-bond acceptors (Lipinski definition) is 3. The monoisotopic (exact) mass is 249 g/mol. The highest BCUT2D eigenvalue weighted by Crippen LogP contribution is 2.35. The molecule has 3 heteroatoms. The minimum absolute atomic E-state index is 0.786. The molecule has 0 aliphatic carbocycles. The molecule has 0 aromatic heterocycles. The van der Waals surface area contributed by atoms with Gasteiger partial charge >= 0.3 is 0 Å². The van der Waals surface area contributed by atoms with Crippen LogP contribution in [-0.4, -0.2) is 20.3 Å². The number of unbranched alkanes of at least 4 members (excludes halogenated alkanes) is 2. The summed E-state index contributed by atoms with van der Waals surface area (Å²) in [5, 5.41) is 3.39. The van der Waals surface area contributed by atoms with Crippen LogP contribution in [0.15, 0.2) is 12.1 Å². The smallest absolute Gasteiger partial charge is 0.164 e. The van der Waals surface area contributed by atoms with Crippen molar-refractivity contribution in [3.05, 3.63) is 23.3 Å². The van der Waals surface area contributed by atoms with Gasteiger partial charge < -0.3 is 14.8 Å². The zero-order valence-electron chi connectivity index (χ0n) is 11.4. The molecular weight excluding hydrogens is 226 g/mol. The van der Waals surface area contributed by atoms with E-state index < -0.39 is 0 Å². The fourth-order valence-electron chi connectivity index (χ4n) is 2.37. The lowest BCUT2D eigenvalue weighted by Gasteiger charge is -2.22. The summed E-state index contributed by atoms with van der Waals surface area (Å²) >= 11 is 0. The van der Waals surface area contributed by atoms with Gasteiger partial charge in [0.1, 0.15) is 0 Å². The van der Waals surface area contributed by atoms with E-state index in [0.717, 1.165) is 44.0 Å². The lowest BCUT2D eigenvalue weighted by atomic mass is 9.99. The second-order valence-electron chi connectivity index (χ2n) is 4.72. The first-order chi connectivity index (χ1) is 8.86. The second-order valence-corrected chi connectivity index (χ2v) is 4.72. The van der Waals surface area contributed by atoms with Crippen LogP contribution in [0.2, 0.25) is 0 Å². The summed E-state index contributed by atoms with van der Waals surface area (Å²) in [6, 6.07) is 4.15. The van der Waals surface area contributed by atoms with E-state index in [-0.39, 0.29) is 0 Å². The van der Waals surface area contributed by atoms with Gasteiger partial charge in [-0.15, -0.1) is 0 Å². The SMILES string of the molecule is CCCCCOc1c(OC)ccc2c1CCNC2. The Balaban J connectivity index is 2.14. The predicted octanol–water partition coefficient (Wildman–Crippen LogP) is 2.91. The molecule has 1 aromatic rings. The molecule has 2 rings (SSSR count).